The van der Waals surface area contributed by atoms with Gasteiger partial charge in [0.1, 0.15) is 5.92 Å². The molecule has 2 amide bonds. The molecule has 3 atom stereocenters. The van der Waals surface area contributed by atoms with Crippen LogP contribution in [0.15, 0.2) is 78.9 Å². The molecule has 2 aliphatic rings. The highest BCUT2D eigenvalue weighted by Crippen LogP contribution is 2.47. The zero-order chi connectivity index (χ0) is 23.1. The maximum absolute atomic E-state index is 13.6. The van der Waals surface area contributed by atoms with Crippen molar-refractivity contribution in [1.29, 1.82) is 0 Å². The lowest BCUT2D eigenvalue weighted by Gasteiger charge is -2.28. The lowest BCUT2D eigenvalue weighted by molar-refractivity contribution is -0.126. The molecule has 3 aromatic carbocycles. The highest BCUT2D eigenvalue weighted by atomic mass is 16.7. The van der Waals surface area contributed by atoms with Crippen LogP contribution in [0.5, 0.6) is 0 Å². The van der Waals surface area contributed by atoms with Crippen LogP contribution in [-0.2, 0) is 19.2 Å². The summed E-state index contributed by atoms with van der Waals surface area (Å²) in [5.41, 5.74) is 3.45. The number of ether oxygens (including phenoxy) is 1. The van der Waals surface area contributed by atoms with Crippen molar-refractivity contribution in [3.8, 4) is 0 Å². The van der Waals surface area contributed by atoms with E-state index in [-0.39, 0.29) is 11.8 Å². The first kappa shape index (κ1) is 20.9. The van der Waals surface area contributed by atoms with Gasteiger partial charge in [-0.1, -0.05) is 48.0 Å². The van der Waals surface area contributed by atoms with Crippen molar-refractivity contribution in [3.63, 3.8) is 0 Å². The fraction of sp³-hybridized carbons (Fsp3) is 0.192. The number of carbonyl (C=O) groups excluding carboxylic acids is 3. The summed E-state index contributed by atoms with van der Waals surface area (Å²) in [6.07, 6.45) is -0.940. The fourth-order valence-corrected chi connectivity index (χ4v) is 4.43. The summed E-state index contributed by atoms with van der Waals surface area (Å²) in [4.78, 5) is 46.1. The predicted octanol–water partition coefficient (Wildman–Crippen LogP) is 3.83. The molecular weight excluding hydrogens is 420 g/mol. The number of benzene rings is 3. The molecule has 0 aromatic heterocycles. The molecule has 0 saturated carbocycles. The number of hydrogen-bond donors (Lipinski definition) is 0. The second kappa shape index (κ2) is 8.18. The van der Waals surface area contributed by atoms with Crippen molar-refractivity contribution in [3.05, 3.63) is 95.6 Å². The highest BCUT2D eigenvalue weighted by Gasteiger charge is 2.60. The van der Waals surface area contributed by atoms with Crippen molar-refractivity contribution < 1.29 is 24.0 Å². The van der Waals surface area contributed by atoms with Gasteiger partial charge in [-0.25, -0.2) is 14.8 Å². The van der Waals surface area contributed by atoms with Gasteiger partial charge in [-0.3, -0.25) is 14.4 Å². The van der Waals surface area contributed by atoms with E-state index in [1.54, 1.807) is 41.5 Å². The number of aryl methyl sites for hydroxylation is 1. The molecule has 0 unspecified atom stereocenters. The van der Waals surface area contributed by atoms with E-state index in [9.17, 15) is 14.4 Å². The molecule has 0 N–H and O–H groups in total. The molecule has 0 radical (unpaired) electrons. The quantitative estimate of drug-likeness (QED) is 0.452. The number of imide groups is 1. The van der Waals surface area contributed by atoms with Gasteiger partial charge < -0.3 is 4.74 Å². The van der Waals surface area contributed by atoms with Crippen LogP contribution in [-0.4, -0.2) is 31.0 Å². The third-order valence-electron chi connectivity index (χ3n) is 6.09. The lowest BCUT2D eigenvalue weighted by Crippen LogP contribution is -2.37. The first-order chi connectivity index (χ1) is 16.0. The molecule has 33 heavy (non-hydrogen) atoms. The molecule has 166 valence electrons. The summed E-state index contributed by atoms with van der Waals surface area (Å²) in [6, 6.07) is 22.9. The van der Waals surface area contributed by atoms with Gasteiger partial charge in [-0.15, -0.1) is 0 Å². The molecule has 0 aliphatic carbocycles. The summed E-state index contributed by atoms with van der Waals surface area (Å²) in [6.45, 7) is 1.95. The molecule has 3 aromatic rings. The van der Waals surface area contributed by atoms with E-state index in [0.29, 0.717) is 11.3 Å². The topological polar surface area (TPSA) is 76.2 Å². The minimum atomic E-state index is -0.940. The smallest absolute Gasteiger partial charge is 0.337 e. The van der Waals surface area contributed by atoms with Gasteiger partial charge in [0.25, 0.3) is 5.91 Å². The maximum Gasteiger partial charge on any atom is 0.337 e. The Bertz CT molecular complexity index is 1210. The summed E-state index contributed by atoms with van der Waals surface area (Å²) < 4.78 is 4.78. The number of amides is 2. The number of hydroxylamine groups is 1. The zero-order valence-electron chi connectivity index (χ0n) is 18.2. The number of rotatable bonds is 4. The van der Waals surface area contributed by atoms with Crippen molar-refractivity contribution >= 4 is 29.2 Å². The summed E-state index contributed by atoms with van der Waals surface area (Å²) in [7, 11) is 1.32. The number of carbonyl (C=O) groups is 3. The van der Waals surface area contributed by atoms with Crippen LogP contribution in [0.25, 0.3) is 0 Å². The van der Waals surface area contributed by atoms with Crippen LogP contribution in [0.3, 0.4) is 0 Å². The van der Waals surface area contributed by atoms with Gasteiger partial charge in [0, 0.05) is 0 Å². The molecule has 2 fully saturated rings. The van der Waals surface area contributed by atoms with Crippen LogP contribution in [0, 0.1) is 12.8 Å². The highest BCUT2D eigenvalue weighted by molar-refractivity contribution is 6.23. The van der Waals surface area contributed by atoms with Crippen LogP contribution in [0.1, 0.15) is 27.5 Å². The normalized spacial score (nSPS) is 21.9. The molecular formula is C26H22N2O5. The van der Waals surface area contributed by atoms with E-state index >= 15 is 0 Å². The second-order valence-electron chi connectivity index (χ2n) is 8.12. The van der Waals surface area contributed by atoms with Crippen molar-refractivity contribution in [1.82, 2.24) is 0 Å². The Morgan fingerprint density at radius 3 is 2.15 bits per heavy atom. The zero-order valence-corrected chi connectivity index (χ0v) is 18.2. The average Bonchev–Trinajstić information content (AvgIpc) is 3.36. The molecule has 0 spiro atoms. The van der Waals surface area contributed by atoms with Gasteiger partial charge in [0.15, 0.2) is 6.10 Å². The van der Waals surface area contributed by atoms with Crippen LogP contribution in [0.2, 0.25) is 0 Å². The molecule has 2 saturated heterocycles. The minimum absolute atomic E-state index is 0.311. The standard InChI is InChI=1S/C26H22N2O5/c1-16-8-14-19(15-9-16)27-24(29)21-22(17-10-12-18(13-11-17)26(31)32-2)28(33-23(21)25(27)30)20-6-4-3-5-7-20/h3-15,21-23H,1-2H3/t21-,22-,23-/m0/s1. The fourth-order valence-electron chi connectivity index (χ4n) is 4.43. The third kappa shape index (κ3) is 3.47. The Kier molecular flexibility index (Phi) is 5.18. The van der Waals surface area contributed by atoms with Crippen molar-refractivity contribution in [2.75, 3.05) is 17.1 Å². The lowest BCUT2D eigenvalue weighted by atomic mass is 9.90. The first-order valence-corrected chi connectivity index (χ1v) is 10.6. The number of fused-ring (bicyclic) bond motifs is 1. The van der Waals surface area contributed by atoms with E-state index < -0.39 is 24.0 Å². The Balaban J connectivity index is 1.56. The largest absolute Gasteiger partial charge is 0.465 e. The summed E-state index contributed by atoms with van der Waals surface area (Å²) >= 11 is 0. The summed E-state index contributed by atoms with van der Waals surface area (Å²) in [5.74, 6) is -1.87. The molecule has 5 rings (SSSR count). The number of hydrogen-bond acceptors (Lipinski definition) is 6. The Labute approximate surface area is 191 Å². The van der Waals surface area contributed by atoms with Crippen molar-refractivity contribution in [2.24, 2.45) is 5.92 Å². The summed E-state index contributed by atoms with van der Waals surface area (Å²) in [5, 5.41) is 1.63. The van der Waals surface area contributed by atoms with E-state index in [1.807, 2.05) is 49.4 Å². The number of para-hydroxylation sites is 1. The Morgan fingerprint density at radius 1 is 0.848 bits per heavy atom. The monoisotopic (exact) mass is 442 g/mol. The predicted molar refractivity (Wildman–Crippen MR) is 121 cm³/mol. The molecule has 7 heteroatoms. The molecule has 2 aliphatic heterocycles. The number of nitrogens with zero attached hydrogens (tertiary/aromatic N) is 2. The van der Waals surface area contributed by atoms with E-state index in [2.05, 4.69) is 0 Å². The molecule has 0 bridgehead atoms. The number of methoxy groups -OCH3 is 1. The maximum atomic E-state index is 13.6. The third-order valence-corrected chi connectivity index (χ3v) is 6.09. The van der Waals surface area contributed by atoms with Gasteiger partial charge >= 0.3 is 5.97 Å². The van der Waals surface area contributed by atoms with Gasteiger partial charge in [0.2, 0.25) is 5.91 Å². The first-order valence-electron chi connectivity index (χ1n) is 10.6. The van der Waals surface area contributed by atoms with E-state index in [0.717, 1.165) is 16.8 Å². The Morgan fingerprint density at radius 2 is 1.52 bits per heavy atom. The minimum Gasteiger partial charge on any atom is -0.465 e. The van der Waals surface area contributed by atoms with Crippen LogP contribution < -0.4 is 9.96 Å². The van der Waals surface area contributed by atoms with E-state index in [1.165, 1.54) is 12.0 Å². The van der Waals surface area contributed by atoms with Crippen LogP contribution in [0.4, 0.5) is 11.4 Å². The van der Waals surface area contributed by atoms with Gasteiger partial charge in [-0.2, -0.15) is 0 Å². The van der Waals surface area contributed by atoms with Gasteiger partial charge in [-0.05, 0) is 48.9 Å². The average molecular weight is 442 g/mol. The number of anilines is 2. The second-order valence-corrected chi connectivity index (χ2v) is 8.12. The van der Waals surface area contributed by atoms with Crippen molar-refractivity contribution in [2.45, 2.75) is 19.1 Å². The van der Waals surface area contributed by atoms with Crippen LogP contribution >= 0.6 is 0 Å². The molecule has 7 nitrogen and oxygen atoms in total. The SMILES string of the molecule is COC(=O)c1ccc([C@H]2[C@@H]3C(=O)N(c4ccc(C)cc4)C(=O)[C@H]3ON2c2ccccc2)cc1. The van der Waals surface area contributed by atoms with E-state index in [4.69, 9.17) is 9.57 Å². The molecule has 2 heterocycles. The van der Waals surface area contributed by atoms with Gasteiger partial charge in [0.05, 0.1) is 30.1 Å². The number of esters is 1. The Hall–Kier alpha value is -3.97.